The Morgan fingerprint density at radius 3 is 3.08 bits per heavy atom. The Morgan fingerprint density at radius 2 is 2.50 bits per heavy atom. The first kappa shape index (κ1) is 8.56. The van der Waals surface area contributed by atoms with Gasteiger partial charge in [0.05, 0.1) is 6.54 Å². The summed E-state index contributed by atoms with van der Waals surface area (Å²) in [5, 5.41) is 2.84. The predicted octanol–water partition coefficient (Wildman–Crippen LogP) is -0.680. The Labute approximate surface area is 70.5 Å². The van der Waals surface area contributed by atoms with E-state index in [2.05, 4.69) is 11.9 Å². The normalized spacial score (nSPS) is 16.3. The molecule has 0 aromatic heterocycles. The van der Waals surface area contributed by atoms with Crippen LogP contribution >= 0.6 is 0 Å². The van der Waals surface area contributed by atoms with Gasteiger partial charge in [0, 0.05) is 13.1 Å². The molecule has 4 nitrogen and oxygen atoms in total. The van der Waals surface area contributed by atoms with Crippen LogP contribution in [0.3, 0.4) is 0 Å². The van der Waals surface area contributed by atoms with Crippen molar-refractivity contribution in [3.8, 4) is 0 Å². The number of hydrogen-bond donors (Lipinski definition) is 1. The van der Waals surface area contributed by atoms with Crippen LogP contribution in [0.4, 0.5) is 0 Å². The van der Waals surface area contributed by atoms with Crippen molar-refractivity contribution in [3.63, 3.8) is 0 Å². The van der Waals surface area contributed by atoms with Crippen LogP contribution in [0.25, 0.3) is 0 Å². The summed E-state index contributed by atoms with van der Waals surface area (Å²) in [4.78, 5) is 22.8. The topological polar surface area (TPSA) is 49.4 Å². The van der Waals surface area contributed by atoms with Gasteiger partial charge >= 0.3 is 0 Å². The fourth-order valence-corrected chi connectivity index (χ4v) is 1.05. The SMILES string of the molecule is C=CC(=O)N1CCNC(=C=O)C1. The van der Waals surface area contributed by atoms with Crippen molar-refractivity contribution >= 4 is 11.8 Å². The van der Waals surface area contributed by atoms with E-state index in [1.54, 1.807) is 10.8 Å². The first-order valence-electron chi connectivity index (χ1n) is 3.67. The third-order valence-electron chi connectivity index (χ3n) is 1.68. The third-order valence-corrected chi connectivity index (χ3v) is 1.68. The predicted molar refractivity (Wildman–Crippen MR) is 44.0 cm³/mol. The zero-order valence-corrected chi connectivity index (χ0v) is 6.67. The molecule has 1 aliphatic heterocycles. The van der Waals surface area contributed by atoms with Crippen LogP contribution < -0.4 is 5.32 Å². The fraction of sp³-hybridized carbons (Fsp3) is 0.375. The molecule has 12 heavy (non-hydrogen) atoms. The molecule has 0 aliphatic carbocycles. The number of rotatable bonds is 1. The number of piperazine rings is 1. The number of nitrogens with zero attached hydrogens (tertiary/aromatic N) is 1. The summed E-state index contributed by atoms with van der Waals surface area (Å²) < 4.78 is 0. The number of amides is 1. The summed E-state index contributed by atoms with van der Waals surface area (Å²) in [5.74, 6) is 1.59. The summed E-state index contributed by atoms with van der Waals surface area (Å²) in [6.07, 6.45) is 1.24. The monoisotopic (exact) mass is 166 g/mol. The smallest absolute Gasteiger partial charge is 0.246 e. The quantitative estimate of drug-likeness (QED) is 0.415. The highest BCUT2D eigenvalue weighted by atomic mass is 16.2. The van der Waals surface area contributed by atoms with Crippen molar-refractivity contribution < 1.29 is 9.59 Å². The highest BCUT2D eigenvalue weighted by molar-refractivity contribution is 5.87. The minimum atomic E-state index is -0.149. The van der Waals surface area contributed by atoms with E-state index in [1.807, 2.05) is 0 Å². The fourth-order valence-electron chi connectivity index (χ4n) is 1.05. The van der Waals surface area contributed by atoms with Crippen molar-refractivity contribution in [2.75, 3.05) is 19.6 Å². The van der Waals surface area contributed by atoms with E-state index in [1.165, 1.54) is 6.08 Å². The molecule has 0 aromatic rings. The van der Waals surface area contributed by atoms with Crippen molar-refractivity contribution in [1.82, 2.24) is 10.2 Å². The lowest BCUT2D eigenvalue weighted by molar-refractivity contribution is -0.126. The Balaban J connectivity index is 2.63. The van der Waals surface area contributed by atoms with Crippen molar-refractivity contribution in [1.29, 1.82) is 0 Å². The Morgan fingerprint density at radius 1 is 1.75 bits per heavy atom. The molecule has 0 spiro atoms. The van der Waals surface area contributed by atoms with Crippen LogP contribution in [-0.4, -0.2) is 36.4 Å². The van der Waals surface area contributed by atoms with Gasteiger partial charge in [-0.05, 0) is 6.08 Å². The molecule has 1 fully saturated rings. The molecular formula is C8H10N2O2. The van der Waals surface area contributed by atoms with Gasteiger partial charge in [-0.15, -0.1) is 0 Å². The Bertz CT molecular complexity index is 254. The second kappa shape index (κ2) is 3.74. The summed E-state index contributed by atoms with van der Waals surface area (Å²) in [5.41, 5.74) is 0.427. The second-order valence-electron chi connectivity index (χ2n) is 2.47. The average Bonchev–Trinajstić information content (AvgIpc) is 2.17. The molecule has 0 radical (unpaired) electrons. The molecular weight excluding hydrogens is 156 g/mol. The second-order valence-corrected chi connectivity index (χ2v) is 2.47. The van der Waals surface area contributed by atoms with Gasteiger partial charge < -0.3 is 10.2 Å². The van der Waals surface area contributed by atoms with Crippen LogP contribution in [0.5, 0.6) is 0 Å². The molecule has 1 heterocycles. The molecule has 0 bridgehead atoms. The van der Waals surface area contributed by atoms with E-state index < -0.39 is 0 Å². The first-order chi connectivity index (χ1) is 5.77. The van der Waals surface area contributed by atoms with Gasteiger partial charge in [0.1, 0.15) is 11.6 Å². The van der Waals surface area contributed by atoms with Gasteiger partial charge in [-0.2, -0.15) is 0 Å². The van der Waals surface area contributed by atoms with E-state index in [-0.39, 0.29) is 5.91 Å². The van der Waals surface area contributed by atoms with Gasteiger partial charge in [-0.3, -0.25) is 4.79 Å². The maximum Gasteiger partial charge on any atom is 0.246 e. The molecule has 0 aromatic carbocycles. The third kappa shape index (κ3) is 1.74. The molecule has 1 saturated heterocycles. The number of carbonyl (C=O) groups is 1. The molecule has 0 atom stereocenters. The zero-order chi connectivity index (χ0) is 8.97. The number of hydrogen-bond acceptors (Lipinski definition) is 3. The Kier molecular flexibility index (Phi) is 2.66. The number of nitrogens with one attached hydrogen (secondary N) is 1. The molecule has 1 N–H and O–H groups in total. The highest BCUT2D eigenvalue weighted by Crippen LogP contribution is 1.99. The van der Waals surface area contributed by atoms with E-state index in [0.29, 0.717) is 25.3 Å². The lowest BCUT2D eigenvalue weighted by Gasteiger charge is -2.26. The van der Waals surface area contributed by atoms with Crippen LogP contribution in [0.2, 0.25) is 0 Å². The van der Waals surface area contributed by atoms with Crippen LogP contribution in [0, 0.1) is 0 Å². The maximum atomic E-state index is 11.1. The van der Waals surface area contributed by atoms with Crippen LogP contribution in [-0.2, 0) is 9.59 Å². The van der Waals surface area contributed by atoms with E-state index in [9.17, 15) is 9.59 Å². The van der Waals surface area contributed by atoms with Gasteiger partial charge in [-0.25, -0.2) is 4.79 Å². The van der Waals surface area contributed by atoms with Crippen molar-refractivity contribution in [2.45, 2.75) is 0 Å². The van der Waals surface area contributed by atoms with Gasteiger partial charge in [-0.1, -0.05) is 6.58 Å². The summed E-state index contributed by atoms with van der Waals surface area (Å²) in [6, 6.07) is 0. The van der Waals surface area contributed by atoms with Gasteiger partial charge in [0.15, 0.2) is 0 Å². The first-order valence-corrected chi connectivity index (χ1v) is 3.67. The summed E-state index contributed by atoms with van der Waals surface area (Å²) >= 11 is 0. The van der Waals surface area contributed by atoms with Gasteiger partial charge in [0.2, 0.25) is 5.91 Å². The van der Waals surface area contributed by atoms with Crippen LogP contribution in [0.15, 0.2) is 18.4 Å². The largest absolute Gasteiger partial charge is 0.376 e. The van der Waals surface area contributed by atoms with Crippen molar-refractivity contribution in [2.24, 2.45) is 0 Å². The molecule has 1 aliphatic rings. The highest BCUT2D eigenvalue weighted by Gasteiger charge is 2.16. The molecule has 4 heteroatoms. The molecule has 1 amide bonds. The zero-order valence-electron chi connectivity index (χ0n) is 6.67. The average molecular weight is 166 g/mol. The van der Waals surface area contributed by atoms with E-state index >= 15 is 0 Å². The van der Waals surface area contributed by atoms with Gasteiger partial charge in [0.25, 0.3) is 0 Å². The maximum absolute atomic E-state index is 11.1. The van der Waals surface area contributed by atoms with E-state index in [0.717, 1.165) is 0 Å². The molecule has 64 valence electrons. The lowest BCUT2D eigenvalue weighted by atomic mass is 10.3. The summed E-state index contributed by atoms with van der Waals surface area (Å²) in [7, 11) is 0. The van der Waals surface area contributed by atoms with E-state index in [4.69, 9.17) is 0 Å². The molecule has 1 rings (SSSR count). The summed E-state index contributed by atoms with van der Waals surface area (Å²) in [6.45, 7) is 4.89. The number of carbonyl (C=O) groups excluding carboxylic acids is 2. The minimum absolute atomic E-state index is 0.149. The molecule has 0 unspecified atom stereocenters. The van der Waals surface area contributed by atoms with Crippen LogP contribution in [0.1, 0.15) is 0 Å². The Hall–Kier alpha value is -1.54. The lowest BCUT2D eigenvalue weighted by Crippen LogP contribution is -2.44. The van der Waals surface area contributed by atoms with Crippen molar-refractivity contribution in [3.05, 3.63) is 18.4 Å². The molecule has 0 saturated carbocycles. The standard InChI is InChI=1S/C8H10N2O2/c1-2-8(12)10-4-3-9-7(5-10)6-11/h2,9H,1,3-5H2. The minimum Gasteiger partial charge on any atom is -0.376 e.